The van der Waals surface area contributed by atoms with Crippen LogP contribution >= 0.6 is 11.3 Å². The number of aromatic nitrogens is 1. The van der Waals surface area contributed by atoms with Gasteiger partial charge in [-0.1, -0.05) is 57.2 Å². The molecule has 0 saturated carbocycles. The van der Waals surface area contributed by atoms with Crippen LogP contribution in [0.1, 0.15) is 31.3 Å². The van der Waals surface area contributed by atoms with Crippen molar-refractivity contribution in [3.8, 4) is 27.4 Å². The van der Waals surface area contributed by atoms with Crippen molar-refractivity contribution < 1.29 is 5.11 Å². The molecule has 0 aliphatic heterocycles. The second-order valence-corrected chi connectivity index (χ2v) is 8.98. The molecule has 4 heteroatoms. The molecule has 3 aromatic rings. The summed E-state index contributed by atoms with van der Waals surface area (Å²) in [7, 11) is 4.10. The summed E-state index contributed by atoms with van der Waals surface area (Å²) in [4.78, 5) is 8.13. The van der Waals surface area contributed by atoms with Gasteiger partial charge in [0.25, 0.3) is 0 Å². The smallest absolute Gasteiger partial charge is 0.116 e. The fraction of sp³-hybridized carbons (Fsp3) is 0.318. The number of phenols is 1. The third-order valence-corrected chi connectivity index (χ3v) is 5.34. The molecule has 26 heavy (non-hydrogen) atoms. The van der Waals surface area contributed by atoms with Crippen LogP contribution in [-0.2, 0) is 12.0 Å². The zero-order valence-electron chi connectivity index (χ0n) is 16.1. The van der Waals surface area contributed by atoms with Crippen LogP contribution in [0.15, 0.2) is 48.5 Å². The van der Waals surface area contributed by atoms with Crippen molar-refractivity contribution in [2.45, 2.75) is 32.7 Å². The minimum atomic E-state index is 0.130. The maximum atomic E-state index is 9.89. The van der Waals surface area contributed by atoms with Gasteiger partial charge >= 0.3 is 0 Å². The van der Waals surface area contributed by atoms with E-state index in [1.165, 1.54) is 5.56 Å². The molecule has 3 nitrogen and oxygen atoms in total. The van der Waals surface area contributed by atoms with Gasteiger partial charge in [0.2, 0.25) is 0 Å². The largest absolute Gasteiger partial charge is 0.508 e. The first-order valence-corrected chi connectivity index (χ1v) is 9.60. The molecule has 0 atom stereocenters. The van der Waals surface area contributed by atoms with E-state index < -0.39 is 0 Å². The van der Waals surface area contributed by atoms with Gasteiger partial charge in [0.05, 0.1) is 10.6 Å². The topological polar surface area (TPSA) is 36.4 Å². The van der Waals surface area contributed by atoms with Crippen LogP contribution in [0.2, 0.25) is 0 Å². The van der Waals surface area contributed by atoms with Gasteiger partial charge < -0.3 is 10.0 Å². The normalized spacial score (nSPS) is 11.9. The predicted octanol–water partition coefficient (Wildman–Crippen LogP) is 5.54. The van der Waals surface area contributed by atoms with E-state index in [1.807, 2.05) is 26.2 Å². The van der Waals surface area contributed by atoms with Crippen LogP contribution in [0.25, 0.3) is 21.7 Å². The molecule has 0 radical (unpaired) electrons. The third kappa shape index (κ3) is 4.14. The van der Waals surface area contributed by atoms with E-state index in [0.717, 1.165) is 33.3 Å². The van der Waals surface area contributed by atoms with Gasteiger partial charge in [0, 0.05) is 12.1 Å². The van der Waals surface area contributed by atoms with Crippen molar-refractivity contribution in [3.63, 3.8) is 0 Å². The highest BCUT2D eigenvalue weighted by atomic mass is 32.1. The highest BCUT2D eigenvalue weighted by molar-refractivity contribution is 7.15. The Morgan fingerprint density at radius 3 is 2.27 bits per heavy atom. The Balaban J connectivity index is 2.08. The fourth-order valence-corrected chi connectivity index (χ4v) is 4.07. The second-order valence-electron chi connectivity index (χ2n) is 7.90. The number of benzene rings is 2. The van der Waals surface area contributed by atoms with Crippen molar-refractivity contribution in [1.29, 1.82) is 0 Å². The molecule has 0 aliphatic carbocycles. The lowest BCUT2D eigenvalue weighted by Crippen LogP contribution is -2.10. The molecule has 3 rings (SSSR count). The minimum Gasteiger partial charge on any atom is -0.508 e. The van der Waals surface area contributed by atoms with Gasteiger partial charge in [-0.05, 0) is 42.8 Å². The first kappa shape index (κ1) is 18.6. The van der Waals surface area contributed by atoms with E-state index >= 15 is 0 Å². The van der Waals surface area contributed by atoms with Gasteiger partial charge in [-0.15, -0.1) is 11.3 Å². The average Bonchev–Trinajstić information content (AvgIpc) is 2.97. The number of hydrogen-bond donors (Lipinski definition) is 1. The molecule has 0 aliphatic rings. The Bertz CT molecular complexity index is 889. The van der Waals surface area contributed by atoms with E-state index in [-0.39, 0.29) is 11.2 Å². The lowest BCUT2D eigenvalue weighted by Gasteiger charge is -2.19. The average molecular weight is 367 g/mol. The van der Waals surface area contributed by atoms with Crippen LogP contribution in [0.3, 0.4) is 0 Å². The highest BCUT2D eigenvalue weighted by Crippen LogP contribution is 2.38. The summed E-state index contributed by atoms with van der Waals surface area (Å²) < 4.78 is 0. The summed E-state index contributed by atoms with van der Waals surface area (Å²) in [5, 5.41) is 11.0. The van der Waals surface area contributed by atoms with Gasteiger partial charge in [-0.25, -0.2) is 4.98 Å². The van der Waals surface area contributed by atoms with Crippen molar-refractivity contribution in [3.05, 3.63) is 59.1 Å². The molecule has 0 unspecified atom stereocenters. The van der Waals surface area contributed by atoms with Crippen LogP contribution in [0.5, 0.6) is 5.75 Å². The molecule has 0 spiro atoms. The molecule has 0 fully saturated rings. The van der Waals surface area contributed by atoms with Gasteiger partial charge in [0.15, 0.2) is 0 Å². The molecule has 1 N–H and O–H groups in total. The Morgan fingerprint density at radius 2 is 1.69 bits per heavy atom. The van der Waals surface area contributed by atoms with E-state index in [2.05, 4.69) is 49.9 Å². The first-order valence-electron chi connectivity index (χ1n) is 8.79. The highest BCUT2D eigenvalue weighted by Gasteiger charge is 2.18. The predicted molar refractivity (Wildman–Crippen MR) is 111 cm³/mol. The Hall–Kier alpha value is -2.17. The standard InChI is InChI=1S/C22H26N2OS/c1-22(2,3)17-11-9-15(10-12-17)20-21(16-7-6-8-18(25)13-16)26-19(23-20)14-24(4)5/h6-13,25H,14H2,1-5H3. The number of aromatic hydroxyl groups is 1. The van der Waals surface area contributed by atoms with Crippen LogP contribution < -0.4 is 0 Å². The summed E-state index contributed by atoms with van der Waals surface area (Å²) in [5.74, 6) is 0.277. The van der Waals surface area contributed by atoms with E-state index in [1.54, 1.807) is 23.5 Å². The zero-order valence-corrected chi connectivity index (χ0v) is 16.9. The zero-order chi connectivity index (χ0) is 18.9. The number of rotatable bonds is 4. The van der Waals surface area contributed by atoms with E-state index in [0.29, 0.717) is 0 Å². The quantitative estimate of drug-likeness (QED) is 0.658. The molecule has 2 aromatic carbocycles. The van der Waals surface area contributed by atoms with Gasteiger partial charge in [-0.2, -0.15) is 0 Å². The van der Waals surface area contributed by atoms with Crippen molar-refractivity contribution >= 4 is 11.3 Å². The van der Waals surface area contributed by atoms with Crippen LogP contribution in [-0.4, -0.2) is 29.1 Å². The molecule has 136 valence electrons. The number of phenolic OH excluding ortho intramolecular Hbond substituents is 1. The van der Waals surface area contributed by atoms with Crippen molar-refractivity contribution in [2.75, 3.05) is 14.1 Å². The summed E-state index contributed by atoms with van der Waals surface area (Å²) in [6, 6.07) is 16.1. The number of nitrogens with zero attached hydrogens (tertiary/aromatic N) is 2. The second kappa shape index (κ2) is 7.22. The molecule has 0 saturated heterocycles. The monoisotopic (exact) mass is 366 g/mol. The molecular weight excluding hydrogens is 340 g/mol. The summed E-state index contributed by atoms with van der Waals surface area (Å²) in [5.41, 5.74) is 4.53. The van der Waals surface area contributed by atoms with Gasteiger partial charge in [-0.3, -0.25) is 0 Å². The third-order valence-electron chi connectivity index (χ3n) is 4.26. The summed E-state index contributed by atoms with van der Waals surface area (Å²) >= 11 is 1.69. The molecule has 1 heterocycles. The molecule has 1 aromatic heterocycles. The minimum absolute atomic E-state index is 0.130. The van der Waals surface area contributed by atoms with Crippen LogP contribution in [0, 0.1) is 0 Å². The molecule has 0 amide bonds. The van der Waals surface area contributed by atoms with Crippen LogP contribution in [0.4, 0.5) is 0 Å². The van der Waals surface area contributed by atoms with Crippen molar-refractivity contribution in [1.82, 2.24) is 9.88 Å². The Morgan fingerprint density at radius 1 is 1.00 bits per heavy atom. The summed E-state index contributed by atoms with van der Waals surface area (Å²) in [6.07, 6.45) is 0. The Kier molecular flexibility index (Phi) is 5.17. The number of thiazole rings is 1. The van der Waals surface area contributed by atoms with E-state index in [4.69, 9.17) is 4.98 Å². The lowest BCUT2D eigenvalue weighted by molar-refractivity contribution is 0.402. The molecule has 0 bridgehead atoms. The van der Waals surface area contributed by atoms with Gasteiger partial charge in [0.1, 0.15) is 10.8 Å². The van der Waals surface area contributed by atoms with Crippen molar-refractivity contribution in [2.24, 2.45) is 0 Å². The maximum Gasteiger partial charge on any atom is 0.116 e. The lowest BCUT2D eigenvalue weighted by atomic mass is 9.86. The molecular formula is C22H26N2OS. The number of hydrogen-bond acceptors (Lipinski definition) is 4. The summed E-state index contributed by atoms with van der Waals surface area (Å²) in [6.45, 7) is 7.46. The van der Waals surface area contributed by atoms with E-state index in [9.17, 15) is 5.11 Å². The maximum absolute atomic E-state index is 9.89. The SMILES string of the molecule is CN(C)Cc1nc(-c2ccc(C(C)(C)C)cc2)c(-c2cccc(O)c2)s1. The Labute approximate surface area is 160 Å². The fourth-order valence-electron chi connectivity index (χ4n) is 2.87. The first-order chi connectivity index (χ1) is 12.2.